The van der Waals surface area contributed by atoms with Crippen LogP contribution in [0, 0.1) is 5.41 Å². The molecule has 5 rings (SSSR count). The van der Waals surface area contributed by atoms with Crippen molar-refractivity contribution >= 4 is 40.8 Å². The van der Waals surface area contributed by atoms with Crippen LogP contribution in [0.1, 0.15) is 19.8 Å². The summed E-state index contributed by atoms with van der Waals surface area (Å²) in [6, 6.07) is 5.93. The topological polar surface area (TPSA) is 102 Å². The summed E-state index contributed by atoms with van der Waals surface area (Å²) in [5, 5.41) is 3.82. The van der Waals surface area contributed by atoms with E-state index in [-0.39, 0.29) is 17.6 Å². The fourth-order valence-corrected chi connectivity index (χ4v) is 5.56. The van der Waals surface area contributed by atoms with E-state index < -0.39 is 0 Å². The maximum atomic E-state index is 6.64. The molecule has 2 fully saturated rings. The first-order valence-electron chi connectivity index (χ1n) is 11.0. The van der Waals surface area contributed by atoms with Crippen molar-refractivity contribution < 1.29 is 4.74 Å². The molecule has 0 amide bonds. The van der Waals surface area contributed by atoms with Gasteiger partial charge in [0.25, 0.3) is 0 Å². The zero-order valence-electron chi connectivity index (χ0n) is 18.3. The van der Waals surface area contributed by atoms with E-state index in [9.17, 15) is 0 Å². The second-order valence-corrected chi connectivity index (χ2v) is 10.0. The van der Waals surface area contributed by atoms with Crippen LogP contribution >= 0.6 is 23.4 Å². The van der Waals surface area contributed by atoms with Crippen LogP contribution in [0.15, 0.2) is 59.0 Å². The summed E-state index contributed by atoms with van der Waals surface area (Å²) in [5.74, 6) is 1.39. The third kappa shape index (κ3) is 4.63. The van der Waals surface area contributed by atoms with Gasteiger partial charge in [0.2, 0.25) is 5.95 Å². The van der Waals surface area contributed by atoms with Gasteiger partial charge in [-0.15, -0.1) is 0 Å². The molecule has 0 saturated carbocycles. The van der Waals surface area contributed by atoms with Gasteiger partial charge in [-0.05, 0) is 31.9 Å². The Kier molecular flexibility index (Phi) is 6.38. The second-order valence-electron chi connectivity index (χ2n) is 8.55. The van der Waals surface area contributed by atoms with Crippen LogP contribution in [0.25, 0.3) is 0 Å². The van der Waals surface area contributed by atoms with Gasteiger partial charge in [0.05, 0.1) is 29.6 Å². The van der Waals surface area contributed by atoms with Crippen LogP contribution in [0.3, 0.4) is 0 Å². The van der Waals surface area contributed by atoms with Gasteiger partial charge in [0.1, 0.15) is 5.82 Å². The van der Waals surface area contributed by atoms with Crippen molar-refractivity contribution in [3.63, 3.8) is 0 Å². The number of rotatable bonds is 5. The smallest absolute Gasteiger partial charge is 0.225 e. The minimum Gasteiger partial charge on any atom is -0.376 e. The van der Waals surface area contributed by atoms with Crippen molar-refractivity contribution in [2.45, 2.75) is 41.7 Å². The highest BCUT2D eigenvalue weighted by atomic mass is 35.5. The molecule has 0 bridgehead atoms. The number of nitrogens with zero attached hydrogens (tertiary/aromatic N) is 5. The Bertz CT molecular complexity index is 1090. The monoisotopic (exact) mass is 483 g/mol. The summed E-state index contributed by atoms with van der Waals surface area (Å²) in [7, 11) is 0. The van der Waals surface area contributed by atoms with Crippen molar-refractivity contribution in [3.05, 3.63) is 54.2 Å². The lowest BCUT2D eigenvalue weighted by Crippen LogP contribution is -2.50. The van der Waals surface area contributed by atoms with Gasteiger partial charge in [-0.25, -0.2) is 15.0 Å². The van der Waals surface area contributed by atoms with E-state index in [4.69, 9.17) is 22.1 Å². The summed E-state index contributed by atoms with van der Waals surface area (Å²) < 4.78 is 5.82. The predicted molar refractivity (Wildman–Crippen MR) is 130 cm³/mol. The van der Waals surface area contributed by atoms with Crippen molar-refractivity contribution in [1.82, 2.24) is 19.9 Å². The zero-order chi connectivity index (χ0) is 22.8. The minimum atomic E-state index is 0.0901. The Labute approximate surface area is 202 Å². The van der Waals surface area contributed by atoms with Crippen LogP contribution in [-0.4, -0.2) is 51.8 Å². The highest BCUT2D eigenvalue weighted by Gasteiger charge is 2.47. The number of ether oxygens (including phenoxy) is 1. The van der Waals surface area contributed by atoms with Crippen LogP contribution in [0.4, 0.5) is 17.5 Å². The second kappa shape index (κ2) is 9.42. The standard InChI is InChI=1S/C23H26ClN7OS/c1-15-21(25)23(14-32-15)5-9-31(10-6-23)22-28-11-16(12-29-22)33-18-4-2-3-17(20(18)24)30-19-13-26-7-8-27-19/h2-4,7-8,11-13,15,21H,5-6,9-10,14,25H2,1H3,(H,27,30)/t15-,21+/m0/s1. The van der Waals surface area contributed by atoms with Gasteiger partial charge >= 0.3 is 0 Å². The van der Waals surface area contributed by atoms with E-state index >= 15 is 0 Å². The van der Waals surface area contributed by atoms with Crippen molar-refractivity contribution in [3.8, 4) is 0 Å². The first kappa shape index (κ1) is 22.3. The van der Waals surface area contributed by atoms with Crippen molar-refractivity contribution in [2.75, 3.05) is 29.9 Å². The minimum absolute atomic E-state index is 0.0901. The summed E-state index contributed by atoms with van der Waals surface area (Å²) in [6.45, 7) is 4.60. The number of anilines is 3. The Morgan fingerprint density at radius 2 is 1.94 bits per heavy atom. The molecule has 0 aliphatic carbocycles. The van der Waals surface area contributed by atoms with Crippen molar-refractivity contribution in [2.24, 2.45) is 11.1 Å². The van der Waals surface area contributed by atoms with E-state index in [1.54, 1.807) is 18.6 Å². The molecule has 1 aromatic carbocycles. The lowest BCUT2D eigenvalue weighted by Gasteiger charge is -2.41. The van der Waals surface area contributed by atoms with E-state index in [0.29, 0.717) is 10.8 Å². The number of aromatic nitrogens is 4. The SMILES string of the molecule is C[C@@H]1OCC2(CCN(c3ncc(Sc4cccc(Nc5cnccn5)c4Cl)cn3)CC2)[C@@H]1N. The largest absolute Gasteiger partial charge is 0.376 e. The van der Waals surface area contributed by atoms with E-state index in [1.165, 1.54) is 11.8 Å². The summed E-state index contributed by atoms with van der Waals surface area (Å²) >= 11 is 8.17. The maximum absolute atomic E-state index is 6.64. The number of hydrogen-bond acceptors (Lipinski definition) is 9. The maximum Gasteiger partial charge on any atom is 0.225 e. The molecule has 2 aromatic heterocycles. The fourth-order valence-electron chi connectivity index (χ4n) is 4.47. The number of nitrogens with two attached hydrogens (primary N) is 1. The molecule has 0 radical (unpaired) electrons. The van der Waals surface area contributed by atoms with E-state index in [0.717, 1.165) is 54.0 Å². The molecule has 4 heterocycles. The molecule has 8 nitrogen and oxygen atoms in total. The molecule has 3 N–H and O–H groups in total. The Hall–Kier alpha value is -2.46. The van der Waals surface area contributed by atoms with Gasteiger partial charge in [-0.1, -0.05) is 29.4 Å². The van der Waals surface area contributed by atoms with Crippen LogP contribution < -0.4 is 16.0 Å². The first-order chi connectivity index (χ1) is 16.0. The summed E-state index contributed by atoms with van der Waals surface area (Å²) in [5.41, 5.74) is 7.29. The molecular weight excluding hydrogens is 458 g/mol. The lowest BCUT2D eigenvalue weighted by molar-refractivity contribution is 0.0973. The van der Waals surface area contributed by atoms with Gasteiger partial charge < -0.3 is 20.7 Å². The molecule has 0 unspecified atom stereocenters. The average Bonchev–Trinajstić information content (AvgIpc) is 3.12. The van der Waals surface area contributed by atoms with Gasteiger partial charge in [0.15, 0.2) is 0 Å². The van der Waals surface area contributed by atoms with Crippen LogP contribution in [0.5, 0.6) is 0 Å². The third-order valence-electron chi connectivity index (χ3n) is 6.52. The molecule has 2 saturated heterocycles. The van der Waals surface area contributed by atoms with Gasteiger partial charge in [-0.3, -0.25) is 4.98 Å². The predicted octanol–water partition coefficient (Wildman–Crippen LogP) is 4.15. The molecule has 172 valence electrons. The lowest BCUT2D eigenvalue weighted by atomic mass is 9.73. The fraction of sp³-hybridized carbons (Fsp3) is 0.391. The number of halogens is 1. The normalized spacial score (nSPS) is 22.0. The van der Waals surface area contributed by atoms with Gasteiger partial charge in [0, 0.05) is 59.1 Å². The quantitative estimate of drug-likeness (QED) is 0.554. The average molecular weight is 484 g/mol. The van der Waals surface area contributed by atoms with Crippen molar-refractivity contribution in [1.29, 1.82) is 0 Å². The van der Waals surface area contributed by atoms with E-state index in [2.05, 4.69) is 37.1 Å². The third-order valence-corrected chi connectivity index (χ3v) is 8.05. The molecule has 1 spiro atoms. The highest BCUT2D eigenvalue weighted by molar-refractivity contribution is 7.99. The zero-order valence-corrected chi connectivity index (χ0v) is 19.9. The van der Waals surface area contributed by atoms with E-state index in [1.807, 2.05) is 30.6 Å². The molecule has 10 heteroatoms. The molecule has 3 aromatic rings. The number of piperidine rings is 1. The highest BCUT2D eigenvalue weighted by Crippen LogP contribution is 2.42. The number of nitrogens with one attached hydrogen (secondary N) is 1. The summed E-state index contributed by atoms with van der Waals surface area (Å²) in [6.07, 6.45) is 10.7. The van der Waals surface area contributed by atoms with Gasteiger partial charge in [-0.2, -0.15) is 0 Å². The van der Waals surface area contributed by atoms with Crippen LogP contribution in [-0.2, 0) is 4.74 Å². The molecular formula is C23H26ClN7OS. The molecule has 33 heavy (non-hydrogen) atoms. The Morgan fingerprint density at radius 1 is 1.15 bits per heavy atom. The molecule has 2 aliphatic rings. The number of hydrogen-bond donors (Lipinski definition) is 2. The Morgan fingerprint density at radius 3 is 2.61 bits per heavy atom. The molecule has 2 atom stereocenters. The summed E-state index contributed by atoms with van der Waals surface area (Å²) in [4.78, 5) is 21.6. The first-order valence-corrected chi connectivity index (χ1v) is 12.2. The Balaban J connectivity index is 1.23. The molecule has 2 aliphatic heterocycles. The van der Waals surface area contributed by atoms with Crippen LogP contribution in [0.2, 0.25) is 5.02 Å². The number of benzene rings is 1.